The van der Waals surface area contributed by atoms with Gasteiger partial charge in [-0.2, -0.15) is 0 Å². The van der Waals surface area contributed by atoms with E-state index in [0.717, 1.165) is 0 Å². The number of allylic oxidation sites excluding steroid dienone is 3. The molecule has 0 saturated heterocycles. The fraction of sp³-hybridized carbons (Fsp3) is 0.118. The molecule has 4 aromatic carbocycles. The fourth-order valence-electron chi connectivity index (χ4n) is 6.09. The minimum atomic E-state index is -0.00773. The van der Waals surface area contributed by atoms with Crippen LogP contribution in [0.5, 0.6) is 0 Å². The summed E-state index contributed by atoms with van der Waals surface area (Å²) in [5.41, 5.74) is 9.27. The standard InChI is InChI=1S/C34H27NS/c1-4-5-6-12-22-13-11-14-23(21-22)35-29-18-10-8-15-24(29)25-19-20-27-30-32(36-33(27)31(25)35)26-16-7-9-17-28(26)34(30,2)3/h4-21H,1-3H3/b5-4-,12-6-. The molecular formula is C34H27NS. The van der Waals surface area contributed by atoms with Gasteiger partial charge in [-0.25, -0.2) is 0 Å². The molecule has 36 heavy (non-hydrogen) atoms. The highest BCUT2D eigenvalue weighted by Gasteiger charge is 2.39. The Hall–Kier alpha value is -3.88. The molecule has 0 unspecified atom stereocenters. The van der Waals surface area contributed by atoms with Crippen LogP contribution in [0, 0.1) is 0 Å². The van der Waals surface area contributed by atoms with Gasteiger partial charge in [0.2, 0.25) is 0 Å². The largest absolute Gasteiger partial charge is 0.308 e. The number of nitrogens with zero attached hydrogens (tertiary/aromatic N) is 1. The molecule has 0 N–H and O–H groups in total. The van der Waals surface area contributed by atoms with Gasteiger partial charge in [-0.15, -0.1) is 11.3 Å². The average molecular weight is 482 g/mol. The first kappa shape index (κ1) is 21.4. The van der Waals surface area contributed by atoms with E-state index in [1.165, 1.54) is 64.7 Å². The maximum Gasteiger partial charge on any atom is 0.0719 e. The molecule has 2 heteroatoms. The molecule has 2 aromatic heterocycles. The lowest BCUT2D eigenvalue weighted by atomic mass is 9.81. The predicted molar refractivity (Wildman–Crippen MR) is 158 cm³/mol. The van der Waals surface area contributed by atoms with Crippen LogP contribution in [0.3, 0.4) is 0 Å². The summed E-state index contributed by atoms with van der Waals surface area (Å²) in [4.78, 5) is 1.43. The van der Waals surface area contributed by atoms with Gasteiger partial charge >= 0.3 is 0 Å². The van der Waals surface area contributed by atoms with E-state index in [9.17, 15) is 0 Å². The first-order chi connectivity index (χ1) is 17.6. The van der Waals surface area contributed by atoms with E-state index in [4.69, 9.17) is 0 Å². The second kappa shape index (κ2) is 7.81. The van der Waals surface area contributed by atoms with E-state index >= 15 is 0 Å². The first-order valence-electron chi connectivity index (χ1n) is 12.6. The Morgan fingerprint density at radius 3 is 2.47 bits per heavy atom. The highest BCUT2D eigenvalue weighted by atomic mass is 32.1. The summed E-state index contributed by atoms with van der Waals surface area (Å²) in [6, 6.07) is 31.3. The molecule has 0 aliphatic heterocycles. The Bertz CT molecular complexity index is 1870. The molecule has 0 amide bonds. The number of fused-ring (bicyclic) bond motifs is 9. The molecule has 6 aromatic rings. The lowest BCUT2D eigenvalue weighted by Gasteiger charge is -2.21. The number of benzene rings is 4. The highest BCUT2D eigenvalue weighted by molar-refractivity contribution is 7.23. The van der Waals surface area contributed by atoms with Crippen molar-refractivity contribution < 1.29 is 0 Å². The van der Waals surface area contributed by atoms with Crippen LogP contribution in [-0.4, -0.2) is 4.57 Å². The van der Waals surface area contributed by atoms with Gasteiger partial charge in [-0.05, 0) is 52.8 Å². The normalized spacial score (nSPS) is 14.5. The molecule has 0 radical (unpaired) electrons. The van der Waals surface area contributed by atoms with Crippen LogP contribution in [-0.2, 0) is 5.41 Å². The number of para-hydroxylation sites is 1. The van der Waals surface area contributed by atoms with Crippen LogP contribution < -0.4 is 0 Å². The summed E-state index contributed by atoms with van der Waals surface area (Å²) in [6.45, 7) is 6.80. The molecule has 0 saturated carbocycles. The van der Waals surface area contributed by atoms with Gasteiger partial charge in [-0.1, -0.05) is 105 Å². The zero-order valence-electron chi connectivity index (χ0n) is 20.7. The van der Waals surface area contributed by atoms with E-state index in [2.05, 4.69) is 128 Å². The summed E-state index contributed by atoms with van der Waals surface area (Å²) in [5, 5.41) is 4.01. The van der Waals surface area contributed by atoms with Crippen LogP contribution in [0.25, 0.3) is 54.1 Å². The Morgan fingerprint density at radius 2 is 1.58 bits per heavy atom. The number of rotatable bonds is 3. The Morgan fingerprint density at radius 1 is 0.778 bits per heavy atom. The van der Waals surface area contributed by atoms with Gasteiger partial charge in [-0.3, -0.25) is 0 Å². The quantitative estimate of drug-likeness (QED) is 0.222. The zero-order valence-corrected chi connectivity index (χ0v) is 21.6. The van der Waals surface area contributed by atoms with E-state index in [-0.39, 0.29) is 5.41 Å². The van der Waals surface area contributed by atoms with Crippen molar-refractivity contribution >= 4 is 49.3 Å². The van der Waals surface area contributed by atoms with Crippen molar-refractivity contribution in [2.24, 2.45) is 0 Å². The van der Waals surface area contributed by atoms with E-state index in [1.807, 2.05) is 18.3 Å². The van der Waals surface area contributed by atoms with Gasteiger partial charge in [0.1, 0.15) is 0 Å². The average Bonchev–Trinajstić information content (AvgIpc) is 3.52. The Kier molecular flexibility index (Phi) is 4.64. The maximum atomic E-state index is 2.48. The second-order valence-corrected chi connectivity index (χ2v) is 11.2. The minimum Gasteiger partial charge on any atom is -0.308 e. The van der Waals surface area contributed by atoms with Crippen molar-refractivity contribution in [1.82, 2.24) is 4.57 Å². The molecule has 0 spiro atoms. The van der Waals surface area contributed by atoms with Gasteiger partial charge in [0.15, 0.2) is 0 Å². The van der Waals surface area contributed by atoms with E-state index < -0.39 is 0 Å². The van der Waals surface area contributed by atoms with E-state index in [0.29, 0.717) is 0 Å². The molecule has 0 fully saturated rings. The molecule has 1 aliphatic carbocycles. The predicted octanol–water partition coefficient (Wildman–Crippen LogP) is 9.89. The highest BCUT2D eigenvalue weighted by Crippen LogP contribution is 2.56. The van der Waals surface area contributed by atoms with Gasteiger partial charge in [0.05, 0.1) is 15.7 Å². The van der Waals surface area contributed by atoms with Crippen LogP contribution in [0.4, 0.5) is 0 Å². The summed E-state index contributed by atoms with van der Waals surface area (Å²) >= 11 is 1.96. The van der Waals surface area contributed by atoms with Crippen LogP contribution in [0.2, 0.25) is 0 Å². The van der Waals surface area contributed by atoms with Crippen molar-refractivity contribution in [1.29, 1.82) is 0 Å². The summed E-state index contributed by atoms with van der Waals surface area (Å²) < 4.78 is 3.86. The smallest absolute Gasteiger partial charge is 0.0719 e. The Balaban J connectivity index is 1.59. The number of hydrogen-bond donors (Lipinski definition) is 0. The molecule has 1 nitrogen and oxygen atoms in total. The summed E-state index contributed by atoms with van der Waals surface area (Å²) in [7, 11) is 0. The molecule has 1 aliphatic rings. The van der Waals surface area contributed by atoms with Crippen LogP contribution in [0.15, 0.2) is 103 Å². The first-order valence-corrected chi connectivity index (χ1v) is 13.4. The van der Waals surface area contributed by atoms with Crippen molar-refractivity contribution in [3.8, 4) is 16.1 Å². The molecular weight excluding hydrogens is 454 g/mol. The van der Waals surface area contributed by atoms with Crippen molar-refractivity contribution in [2.45, 2.75) is 26.2 Å². The fourth-order valence-corrected chi connectivity index (χ4v) is 7.62. The van der Waals surface area contributed by atoms with Crippen LogP contribution in [0.1, 0.15) is 37.5 Å². The van der Waals surface area contributed by atoms with Crippen LogP contribution >= 0.6 is 11.3 Å². The SMILES string of the molecule is C/C=C\C=C/c1cccc(-n2c3ccccc3c3ccc4c5c(sc4c32)-c2ccccc2C5(C)C)c1. The number of thiophene rings is 1. The number of aromatic nitrogens is 1. The van der Waals surface area contributed by atoms with Gasteiger partial charge in [0.25, 0.3) is 0 Å². The monoisotopic (exact) mass is 481 g/mol. The van der Waals surface area contributed by atoms with E-state index in [1.54, 1.807) is 0 Å². The minimum absolute atomic E-state index is 0.00773. The van der Waals surface area contributed by atoms with Crippen molar-refractivity contribution in [2.75, 3.05) is 0 Å². The lowest BCUT2D eigenvalue weighted by molar-refractivity contribution is 0.667. The zero-order chi connectivity index (χ0) is 24.4. The molecule has 2 heterocycles. The van der Waals surface area contributed by atoms with Gasteiger partial charge in [0, 0.05) is 26.8 Å². The maximum absolute atomic E-state index is 2.48. The van der Waals surface area contributed by atoms with Crippen molar-refractivity contribution in [3.05, 3.63) is 120 Å². The lowest BCUT2D eigenvalue weighted by Crippen LogP contribution is -2.14. The summed E-state index contributed by atoms with van der Waals surface area (Å²) in [6.07, 6.45) is 8.40. The molecule has 174 valence electrons. The molecule has 7 rings (SSSR count). The molecule has 0 bridgehead atoms. The summed E-state index contributed by atoms with van der Waals surface area (Å²) in [5.74, 6) is 0. The second-order valence-electron chi connectivity index (χ2n) is 10.1. The van der Waals surface area contributed by atoms with Gasteiger partial charge < -0.3 is 4.57 Å². The third-order valence-corrected chi connectivity index (χ3v) is 8.93. The van der Waals surface area contributed by atoms with Crippen molar-refractivity contribution in [3.63, 3.8) is 0 Å². The third-order valence-electron chi connectivity index (χ3n) is 7.68. The number of hydrogen-bond acceptors (Lipinski definition) is 1. The molecule has 0 atom stereocenters. The topological polar surface area (TPSA) is 4.93 Å². The Labute approximate surface area is 215 Å². The third kappa shape index (κ3) is 2.88.